The van der Waals surface area contributed by atoms with Gasteiger partial charge in [-0.1, -0.05) is 36.4 Å². The minimum Gasteiger partial charge on any atom is -0.489 e. The minimum atomic E-state index is -5.03. The number of hydrogen-bond donors (Lipinski definition) is 0. The molecule has 0 heterocycles. The Bertz CT molecular complexity index is 609. The Kier molecular flexibility index (Phi) is 4.47. The summed E-state index contributed by atoms with van der Waals surface area (Å²) in [4.78, 5) is 10.7. The fourth-order valence-corrected chi connectivity index (χ4v) is 1.53. The van der Waals surface area contributed by atoms with Gasteiger partial charge in [0, 0.05) is 6.07 Å². The van der Waals surface area contributed by atoms with E-state index in [1.807, 2.05) is 30.3 Å². The summed E-state index contributed by atoms with van der Waals surface area (Å²) >= 11 is 0. The molecule has 0 aliphatic rings. The number of carbonyl (C=O) groups is 1. The van der Waals surface area contributed by atoms with Crippen LogP contribution in [0.4, 0.5) is 13.2 Å². The van der Waals surface area contributed by atoms with Gasteiger partial charge in [0.15, 0.2) is 0 Å². The van der Waals surface area contributed by atoms with Gasteiger partial charge in [-0.3, -0.25) is 0 Å². The molecule has 0 saturated carbocycles. The Morgan fingerprint density at radius 1 is 0.952 bits per heavy atom. The van der Waals surface area contributed by atoms with E-state index in [2.05, 4.69) is 4.74 Å². The molecule has 0 aliphatic carbocycles. The van der Waals surface area contributed by atoms with Gasteiger partial charge in [-0.25, -0.2) is 4.79 Å². The van der Waals surface area contributed by atoms with Gasteiger partial charge in [0.25, 0.3) is 0 Å². The monoisotopic (exact) mass is 296 g/mol. The van der Waals surface area contributed by atoms with Crippen molar-refractivity contribution < 1.29 is 27.4 Å². The average Bonchev–Trinajstić information content (AvgIpc) is 2.46. The second kappa shape index (κ2) is 6.30. The Hall–Kier alpha value is -2.50. The lowest BCUT2D eigenvalue weighted by Gasteiger charge is -2.09. The van der Waals surface area contributed by atoms with Crippen molar-refractivity contribution in [2.24, 2.45) is 0 Å². The van der Waals surface area contributed by atoms with Crippen molar-refractivity contribution in [1.29, 1.82) is 0 Å². The lowest BCUT2D eigenvalue weighted by Crippen LogP contribution is -2.27. The van der Waals surface area contributed by atoms with Gasteiger partial charge in [0.1, 0.15) is 18.1 Å². The lowest BCUT2D eigenvalue weighted by atomic mass is 10.2. The van der Waals surface area contributed by atoms with Crippen LogP contribution in [0, 0.1) is 0 Å². The molecule has 0 amide bonds. The van der Waals surface area contributed by atoms with E-state index in [4.69, 9.17) is 4.74 Å². The number of benzene rings is 2. The molecule has 110 valence electrons. The van der Waals surface area contributed by atoms with Crippen LogP contribution in [0.15, 0.2) is 54.6 Å². The summed E-state index contributed by atoms with van der Waals surface area (Å²) in [7, 11) is 0. The molecule has 21 heavy (non-hydrogen) atoms. The molecule has 0 bridgehead atoms. The van der Waals surface area contributed by atoms with Crippen LogP contribution >= 0.6 is 0 Å². The Morgan fingerprint density at radius 3 is 2.29 bits per heavy atom. The molecule has 2 aromatic carbocycles. The van der Waals surface area contributed by atoms with Crippen LogP contribution < -0.4 is 9.47 Å². The molecule has 6 heteroatoms. The summed E-state index contributed by atoms with van der Waals surface area (Å²) in [5, 5.41) is 0. The van der Waals surface area contributed by atoms with Crippen LogP contribution in [0.5, 0.6) is 11.5 Å². The second-order valence-electron chi connectivity index (χ2n) is 4.14. The summed E-state index contributed by atoms with van der Waals surface area (Å²) < 4.78 is 46.0. The molecule has 0 spiro atoms. The van der Waals surface area contributed by atoms with Crippen molar-refractivity contribution in [3.05, 3.63) is 60.2 Å². The second-order valence-corrected chi connectivity index (χ2v) is 4.14. The summed E-state index contributed by atoms with van der Waals surface area (Å²) in [6.45, 7) is 0.261. The van der Waals surface area contributed by atoms with E-state index in [0.717, 1.165) is 5.56 Å². The van der Waals surface area contributed by atoms with E-state index in [1.54, 1.807) is 6.07 Å². The van der Waals surface area contributed by atoms with Gasteiger partial charge in [0.2, 0.25) is 0 Å². The van der Waals surface area contributed by atoms with Crippen LogP contribution in [0.3, 0.4) is 0 Å². The van der Waals surface area contributed by atoms with E-state index in [1.165, 1.54) is 18.2 Å². The Labute approximate surface area is 118 Å². The predicted molar refractivity (Wildman–Crippen MR) is 68.9 cm³/mol. The molecule has 0 N–H and O–H groups in total. The summed E-state index contributed by atoms with van der Waals surface area (Å²) in [6, 6.07) is 14.8. The standard InChI is InChI=1S/C15H11F3O3/c16-15(17,18)14(19)21-13-8-4-7-12(9-13)20-10-11-5-2-1-3-6-11/h1-9H,10H2. The zero-order valence-electron chi connectivity index (χ0n) is 10.8. The predicted octanol–water partition coefficient (Wildman–Crippen LogP) is 3.73. The van der Waals surface area contributed by atoms with Crippen LogP contribution in [0.25, 0.3) is 0 Å². The maximum Gasteiger partial charge on any atom is 0.491 e. The lowest BCUT2D eigenvalue weighted by molar-refractivity contribution is -0.189. The SMILES string of the molecule is O=C(Oc1cccc(OCc2ccccc2)c1)C(F)(F)F. The maximum atomic E-state index is 12.1. The third-order valence-corrected chi connectivity index (χ3v) is 2.50. The fraction of sp³-hybridized carbons (Fsp3) is 0.133. The van der Waals surface area contributed by atoms with Crippen LogP contribution in [-0.2, 0) is 11.4 Å². The topological polar surface area (TPSA) is 35.5 Å². The van der Waals surface area contributed by atoms with Crippen molar-refractivity contribution in [3.63, 3.8) is 0 Å². The number of rotatable bonds is 4. The van der Waals surface area contributed by atoms with Crippen molar-refractivity contribution in [2.75, 3.05) is 0 Å². The van der Waals surface area contributed by atoms with E-state index in [0.29, 0.717) is 5.75 Å². The third-order valence-electron chi connectivity index (χ3n) is 2.50. The molecule has 0 atom stereocenters. The first-order chi connectivity index (χ1) is 9.95. The quantitative estimate of drug-likeness (QED) is 0.637. The van der Waals surface area contributed by atoms with Crippen LogP contribution in [0.1, 0.15) is 5.56 Å². The van der Waals surface area contributed by atoms with Gasteiger partial charge in [-0.2, -0.15) is 13.2 Å². The Balaban J connectivity index is 1.99. The zero-order chi connectivity index (χ0) is 15.3. The zero-order valence-corrected chi connectivity index (χ0v) is 10.8. The number of halogens is 3. The number of carbonyl (C=O) groups excluding carboxylic acids is 1. The van der Waals surface area contributed by atoms with Gasteiger partial charge >= 0.3 is 12.1 Å². The molecular formula is C15H11F3O3. The highest BCUT2D eigenvalue weighted by Crippen LogP contribution is 2.24. The summed E-state index contributed by atoms with van der Waals surface area (Å²) in [5.74, 6) is -2.17. The molecule has 2 aromatic rings. The first kappa shape index (κ1) is 14.9. The molecule has 0 radical (unpaired) electrons. The van der Waals surface area contributed by atoms with Crippen molar-refractivity contribution in [3.8, 4) is 11.5 Å². The van der Waals surface area contributed by atoms with E-state index >= 15 is 0 Å². The highest BCUT2D eigenvalue weighted by molar-refractivity contribution is 5.78. The number of esters is 1. The molecule has 0 aliphatic heterocycles. The molecule has 0 fully saturated rings. The molecule has 3 nitrogen and oxygen atoms in total. The van der Waals surface area contributed by atoms with Gasteiger partial charge < -0.3 is 9.47 Å². The van der Waals surface area contributed by atoms with Crippen LogP contribution in [0.2, 0.25) is 0 Å². The molecule has 2 rings (SSSR count). The average molecular weight is 296 g/mol. The fourth-order valence-electron chi connectivity index (χ4n) is 1.53. The number of ether oxygens (including phenoxy) is 2. The largest absolute Gasteiger partial charge is 0.491 e. The van der Waals surface area contributed by atoms with Gasteiger partial charge in [-0.15, -0.1) is 0 Å². The van der Waals surface area contributed by atoms with Crippen molar-refractivity contribution in [1.82, 2.24) is 0 Å². The van der Waals surface area contributed by atoms with E-state index in [-0.39, 0.29) is 12.4 Å². The summed E-state index contributed by atoms with van der Waals surface area (Å²) in [5.41, 5.74) is 0.912. The maximum absolute atomic E-state index is 12.1. The number of hydrogen-bond acceptors (Lipinski definition) is 3. The first-order valence-corrected chi connectivity index (χ1v) is 6.01. The highest BCUT2D eigenvalue weighted by atomic mass is 19.4. The molecular weight excluding hydrogens is 285 g/mol. The van der Waals surface area contributed by atoms with E-state index in [9.17, 15) is 18.0 Å². The molecule has 0 unspecified atom stereocenters. The Morgan fingerprint density at radius 2 is 1.62 bits per heavy atom. The normalized spacial score (nSPS) is 11.0. The van der Waals surface area contributed by atoms with Gasteiger partial charge in [-0.05, 0) is 17.7 Å². The minimum absolute atomic E-state index is 0.220. The van der Waals surface area contributed by atoms with E-state index < -0.39 is 12.1 Å². The first-order valence-electron chi connectivity index (χ1n) is 6.01. The van der Waals surface area contributed by atoms with Gasteiger partial charge in [0.05, 0.1) is 0 Å². The number of alkyl halides is 3. The van der Waals surface area contributed by atoms with Crippen molar-refractivity contribution in [2.45, 2.75) is 12.8 Å². The highest BCUT2D eigenvalue weighted by Gasteiger charge is 2.41. The summed E-state index contributed by atoms with van der Waals surface area (Å²) in [6.07, 6.45) is -5.03. The smallest absolute Gasteiger partial charge is 0.489 e. The molecule has 0 aromatic heterocycles. The third kappa shape index (κ3) is 4.52. The van der Waals surface area contributed by atoms with Crippen LogP contribution in [-0.4, -0.2) is 12.1 Å². The van der Waals surface area contributed by atoms with Crippen molar-refractivity contribution >= 4 is 5.97 Å². The molecule has 0 saturated heterocycles.